The second-order valence-electron chi connectivity index (χ2n) is 3.19. The first-order valence-electron chi connectivity index (χ1n) is 3.31. The minimum absolute atomic E-state index is 1.04. The molecule has 12 heavy (non-hydrogen) atoms. The third-order valence-electron chi connectivity index (χ3n) is 0.803. The van der Waals surface area contributed by atoms with Crippen molar-refractivity contribution < 1.29 is 23.2 Å². The molecule has 0 aromatic rings. The van der Waals surface area contributed by atoms with E-state index in [1.807, 2.05) is 0 Å². The van der Waals surface area contributed by atoms with E-state index in [-0.39, 0.29) is 0 Å². The van der Waals surface area contributed by atoms with Gasteiger partial charge in [-0.2, -0.15) is 0 Å². The van der Waals surface area contributed by atoms with Gasteiger partial charge in [-0.25, -0.2) is 9.36 Å². The molecule has 1 unspecified atom stereocenters. The van der Waals surface area contributed by atoms with Gasteiger partial charge in [0.25, 0.3) is 0 Å². The van der Waals surface area contributed by atoms with Crippen LogP contribution < -0.4 is 0 Å². The maximum absolute atomic E-state index is 11.1. The van der Waals surface area contributed by atoms with Gasteiger partial charge in [0.1, 0.15) is 0 Å². The fourth-order valence-corrected chi connectivity index (χ4v) is 4.02. The molecule has 72 valence electrons. The van der Waals surface area contributed by atoms with Crippen molar-refractivity contribution in [3.63, 3.8) is 0 Å². The van der Waals surface area contributed by atoms with E-state index < -0.39 is 21.6 Å². The maximum atomic E-state index is 11.1. The Hall–Kier alpha value is -0.163. The molecule has 0 saturated carbocycles. The second-order valence-corrected chi connectivity index (χ2v) is 9.56. The SMILES string of the molecule is COC(=O)P(=O)(O)O[Si](C)(C)C. The van der Waals surface area contributed by atoms with Crippen molar-refractivity contribution in [2.24, 2.45) is 0 Å². The van der Waals surface area contributed by atoms with Gasteiger partial charge < -0.3 is 13.8 Å². The van der Waals surface area contributed by atoms with Crippen LogP contribution >= 0.6 is 7.60 Å². The summed E-state index contributed by atoms with van der Waals surface area (Å²) >= 11 is 0. The van der Waals surface area contributed by atoms with Crippen LogP contribution in [0.1, 0.15) is 0 Å². The van der Waals surface area contributed by atoms with Crippen molar-refractivity contribution >= 4 is 21.6 Å². The molecule has 0 aliphatic heterocycles. The number of hydrogen-bond acceptors (Lipinski definition) is 4. The summed E-state index contributed by atoms with van der Waals surface area (Å²) in [6.45, 7) is 5.12. The number of rotatable bonds is 3. The van der Waals surface area contributed by atoms with Gasteiger partial charge >= 0.3 is 13.3 Å². The van der Waals surface area contributed by atoms with E-state index in [9.17, 15) is 9.36 Å². The summed E-state index contributed by atoms with van der Waals surface area (Å²) in [5.74, 6) is 0. The molecule has 0 aromatic carbocycles. The van der Waals surface area contributed by atoms with Gasteiger partial charge in [-0.3, -0.25) is 0 Å². The largest absolute Gasteiger partial charge is 0.460 e. The Morgan fingerprint density at radius 3 is 2.08 bits per heavy atom. The highest BCUT2D eigenvalue weighted by Crippen LogP contribution is 2.46. The zero-order valence-electron chi connectivity index (χ0n) is 7.53. The van der Waals surface area contributed by atoms with Crippen molar-refractivity contribution in [1.82, 2.24) is 0 Å². The van der Waals surface area contributed by atoms with Crippen LogP contribution in [0, 0.1) is 0 Å². The van der Waals surface area contributed by atoms with Crippen LogP contribution in [-0.2, 0) is 13.5 Å². The van der Waals surface area contributed by atoms with Crippen molar-refractivity contribution in [1.29, 1.82) is 0 Å². The predicted octanol–water partition coefficient (Wildman–Crippen LogP) is 1.79. The molecule has 1 N–H and O–H groups in total. The quantitative estimate of drug-likeness (QED) is 0.570. The Morgan fingerprint density at radius 1 is 1.42 bits per heavy atom. The number of carbonyl (C=O) groups excluding carboxylic acids is 1. The van der Waals surface area contributed by atoms with Crippen LogP contribution in [0.4, 0.5) is 4.79 Å². The van der Waals surface area contributed by atoms with Gasteiger partial charge in [0.2, 0.25) is 0 Å². The van der Waals surface area contributed by atoms with Crippen molar-refractivity contribution in [3.05, 3.63) is 0 Å². The Morgan fingerprint density at radius 2 is 1.83 bits per heavy atom. The fourth-order valence-electron chi connectivity index (χ4n) is 0.524. The number of carbonyl (C=O) groups is 1. The van der Waals surface area contributed by atoms with Crippen LogP contribution in [0.25, 0.3) is 0 Å². The van der Waals surface area contributed by atoms with E-state index in [1.165, 1.54) is 0 Å². The van der Waals surface area contributed by atoms with Crippen LogP contribution in [0.5, 0.6) is 0 Å². The molecule has 1 atom stereocenters. The molecule has 0 rings (SSSR count). The zero-order chi connectivity index (χ0) is 9.99. The highest BCUT2D eigenvalue weighted by atomic mass is 31.2. The molecule has 5 nitrogen and oxygen atoms in total. The van der Waals surface area contributed by atoms with Gasteiger partial charge in [0, 0.05) is 0 Å². The first-order chi connectivity index (χ1) is 5.19. The lowest BCUT2D eigenvalue weighted by molar-refractivity contribution is 0.187. The van der Waals surface area contributed by atoms with Gasteiger partial charge in [-0.15, -0.1) is 0 Å². The number of ether oxygens (including phenoxy) is 1. The van der Waals surface area contributed by atoms with Crippen LogP contribution in [0.2, 0.25) is 19.6 Å². The molecule has 0 bridgehead atoms. The minimum atomic E-state index is -4.20. The molecule has 0 fully saturated rings. The molecular formula is C5H13O5PSi. The smallest absolute Gasteiger partial charge is 0.426 e. The van der Waals surface area contributed by atoms with Gasteiger partial charge in [0.05, 0.1) is 7.11 Å². The van der Waals surface area contributed by atoms with E-state index in [4.69, 9.17) is 9.11 Å². The molecule has 0 saturated heterocycles. The molecule has 0 aromatic heterocycles. The maximum Gasteiger partial charge on any atom is 0.426 e. The summed E-state index contributed by atoms with van der Waals surface area (Å²) in [5, 5.41) is 0. The average molecular weight is 212 g/mol. The third-order valence-corrected chi connectivity index (χ3v) is 4.63. The lowest BCUT2D eigenvalue weighted by atomic mass is 11.5. The van der Waals surface area contributed by atoms with Gasteiger partial charge in [0.15, 0.2) is 8.32 Å². The Labute approximate surface area is 72.3 Å². The topological polar surface area (TPSA) is 72.8 Å². The van der Waals surface area contributed by atoms with Crippen LogP contribution in [-0.4, -0.2) is 26.0 Å². The van der Waals surface area contributed by atoms with Crippen molar-refractivity contribution in [2.45, 2.75) is 19.6 Å². The standard InChI is InChI=1S/C5H13O5PSi/c1-9-5(6)11(7,8)10-12(2,3)4/h1-4H3,(H,7,8). The van der Waals surface area contributed by atoms with Crippen LogP contribution in [0.3, 0.4) is 0 Å². The highest BCUT2D eigenvalue weighted by molar-refractivity contribution is 7.71. The van der Waals surface area contributed by atoms with E-state index in [0.717, 1.165) is 7.11 Å². The summed E-state index contributed by atoms with van der Waals surface area (Å²) in [5.41, 5.74) is -1.20. The van der Waals surface area contributed by atoms with E-state index in [2.05, 4.69) is 4.74 Å². The van der Waals surface area contributed by atoms with Crippen molar-refractivity contribution in [2.75, 3.05) is 7.11 Å². The second kappa shape index (κ2) is 3.70. The summed E-state index contributed by atoms with van der Waals surface area (Å²) in [4.78, 5) is 19.7. The normalized spacial score (nSPS) is 16.8. The van der Waals surface area contributed by atoms with E-state index >= 15 is 0 Å². The molecule has 0 aliphatic carbocycles. The van der Waals surface area contributed by atoms with Gasteiger partial charge in [-0.05, 0) is 19.6 Å². The fraction of sp³-hybridized carbons (Fsp3) is 0.800. The first kappa shape index (κ1) is 11.8. The molecule has 7 heteroatoms. The molecule has 0 amide bonds. The minimum Gasteiger partial charge on any atom is -0.460 e. The number of methoxy groups -OCH3 is 1. The third kappa shape index (κ3) is 4.01. The summed E-state index contributed by atoms with van der Waals surface area (Å²) in [6.07, 6.45) is 0. The number of hydrogen-bond donors (Lipinski definition) is 1. The monoisotopic (exact) mass is 212 g/mol. The first-order valence-corrected chi connectivity index (χ1v) is 8.30. The lowest BCUT2D eigenvalue weighted by Crippen LogP contribution is -2.25. The molecule has 0 spiro atoms. The average Bonchev–Trinajstić information content (AvgIpc) is 1.80. The summed E-state index contributed by atoms with van der Waals surface area (Å²) in [7, 11) is -5.35. The molecule has 0 heterocycles. The Kier molecular flexibility index (Phi) is 3.65. The Bertz CT molecular complexity index is 220. The summed E-state index contributed by atoms with van der Waals surface area (Å²) in [6, 6.07) is 0. The van der Waals surface area contributed by atoms with Crippen molar-refractivity contribution in [3.8, 4) is 0 Å². The molecule has 0 radical (unpaired) electrons. The van der Waals surface area contributed by atoms with E-state index in [1.54, 1.807) is 19.6 Å². The summed E-state index contributed by atoms with van der Waals surface area (Å²) < 4.78 is 19.9. The molecule has 0 aliphatic rings. The lowest BCUT2D eigenvalue weighted by Gasteiger charge is -2.19. The van der Waals surface area contributed by atoms with E-state index in [0.29, 0.717) is 0 Å². The Balaban J connectivity index is 4.44. The molecular weight excluding hydrogens is 199 g/mol. The van der Waals surface area contributed by atoms with Crippen LogP contribution in [0.15, 0.2) is 0 Å². The highest BCUT2D eigenvalue weighted by Gasteiger charge is 2.37. The predicted molar refractivity (Wildman–Crippen MR) is 46.7 cm³/mol. The van der Waals surface area contributed by atoms with Gasteiger partial charge in [-0.1, -0.05) is 0 Å². The zero-order valence-corrected chi connectivity index (χ0v) is 9.42.